The van der Waals surface area contributed by atoms with E-state index in [-0.39, 0.29) is 5.97 Å². The Bertz CT molecular complexity index is 220. The summed E-state index contributed by atoms with van der Waals surface area (Å²) in [6.45, 7) is 0. The summed E-state index contributed by atoms with van der Waals surface area (Å²) in [6, 6.07) is 0.731. The maximum atomic E-state index is 11.3. The molecular weight excluding hydrogens is 180 g/mol. The fourth-order valence-electron chi connectivity index (χ4n) is 2.72. The first-order valence-electron chi connectivity index (χ1n) is 5.30. The van der Waals surface area contributed by atoms with Crippen molar-refractivity contribution in [1.82, 2.24) is 5.32 Å². The Labute approximate surface area is 84.2 Å². The van der Waals surface area contributed by atoms with Crippen LogP contribution >= 0.6 is 0 Å². The van der Waals surface area contributed by atoms with Crippen molar-refractivity contribution in [2.75, 3.05) is 7.11 Å². The summed E-state index contributed by atoms with van der Waals surface area (Å²) in [7, 11) is 1.40. The number of ether oxygens (including phenoxy) is 1. The van der Waals surface area contributed by atoms with Crippen molar-refractivity contribution in [2.24, 2.45) is 11.7 Å². The molecule has 2 bridgehead atoms. The van der Waals surface area contributed by atoms with Gasteiger partial charge in [-0.25, -0.2) is 0 Å². The van der Waals surface area contributed by atoms with E-state index in [1.807, 2.05) is 0 Å². The number of rotatable bonds is 2. The van der Waals surface area contributed by atoms with E-state index in [2.05, 4.69) is 10.1 Å². The molecule has 4 heteroatoms. The van der Waals surface area contributed by atoms with E-state index >= 15 is 0 Å². The molecule has 2 heterocycles. The standard InChI is InChI=1S/C10H18N2O2/c1-14-10(13)9(11)6-4-7-2-3-8(5-6)12-7/h6-9,12H,2-5,11H2,1H3/t6?,7-,8+,9-/m0/s1. The molecule has 2 fully saturated rings. The summed E-state index contributed by atoms with van der Waals surface area (Å²) in [5.41, 5.74) is 5.85. The Morgan fingerprint density at radius 1 is 1.43 bits per heavy atom. The van der Waals surface area contributed by atoms with Crippen molar-refractivity contribution in [3.05, 3.63) is 0 Å². The molecule has 4 atom stereocenters. The fraction of sp³-hybridized carbons (Fsp3) is 0.900. The predicted molar refractivity (Wildman–Crippen MR) is 52.7 cm³/mol. The molecule has 2 aliphatic heterocycles. The number of hydrogen-bond donors (Lipinski definition) is 2. The first-order chi connectivity index (χ1) is 6.70. The topological polar surface area (TPSA) is 64.3 Å². The van der Waals surface area contributed by atoms with Crippen LogP contribution in [0.2, 0.25) is 0 Å². The minimum Gasteiger partial charge on any atom is -0.468 e. The van der Waals surface area contributed by atoms with Crippen LogP contribution in [-0.4, -0.2) is 31.2 Å². The van der Waals surface area contributed by atoms with Crippen LogP contribution in [0.1, 0.15) is 25.7 Å². The van der Waals surface area contributed by atoms with Crippen LogP contribution in [0.25, 0.3) is 0 Å². The zero-order chi connectivity index (χ0) is 10.1. The smallest absolute Gasteiger partial charge is 0.322 e. The lowest BCUT2D eigenvalue weighted by atomic mass is 9.86. The Hall–Kier alpha value is -0.610. The molecule has 3 N–H and O–H groups in total. The van der Waals surface area contributed by atoms with Crippen LogP contribution in [0.4, 0.5) is 0 Å². The number of hydrogen-bond acceptors (Lipinski definition) is 4. The molecule has 0 aromatic carbocycles. The van der Waals surface area contributed by atoms with Gasteiger partial charge in [-0.05, 0) is 31.6 Å². The summed E-state index contributed by atoms with van der Waals surface area (Å²) >= 11 is 0. The Morgan fingerprint density at radius 2 is 2.00 bits per heavy atom. The largest absolute Gasteiger partial charge is 0.468 e. The minimum atomic E-state index is -0.426. The van der Waals surface area contributed by atoms with Gasteiger partial charge in [-0.1, -0.05) is 0 Å². The Kier molecular flexibility index (Phi) is 2.74. The second-order valence-electron chi connectivity index (χ2n) is 4.42. The van der Waals surface area contributed by atoms with E-state index in [4.69, 9.17) is 5.73 Å². The van der Waals surface area contributed by atoms with E-state index in [0.717, 1.165) is 12.8 Å². The van der Waals surface area contributed by atoms with Crippen molar-refractivity contribution in [2.45, 2.75) is 43.8 Å². The molecule has 0 radical (unpaired) electrons. The predicted octanol–water partition coefficient (Wildman–Crippen LogP) is 0.0173. The maximum absolute atomic E-state index is 11.3. The van der Waals surface area contributed by atoms with Gasteiger partial charge >= 0.3 is 5.97 Å². The van der Waals surface area contributed by atoms with E-state index in [9.17, 15) is 4.79 Å². The summed E-state index contributed by atoms with van der Waals surface area (Å²) in [4.78, 5) is 11.3. The molecule has 0 saturated carbocycles. The number of nitrogens with two attached hydrogens (primary N) is 1. The molecule has 14 heavy (non-hydrogen) atoms. The molecule has 0 amide bonds. The quantitative estimate of drug-likeness (QED) is 0.614. The van der Waals surface area contributed by atoms with Crippen molar-refractivity contribution < 1.29 is 9.53 Å². The molecule has 0 spiro atoms. The summed E-state index contributed by atoms with van der Waals surface area (Å²) < 4.78 is 4.67. The van der Waals surface area contributed by atoms with Gasteiger partial charge in [0.2, 0.25) is 0 Å². The van der Waals surface area contributed by atoms with Gasteiger partial charge in [-0.15, -0.1) is 0 Å². The number of carbonyl (C=O) groups excluding carboxylic acids is 1. The van der Waals surface area contributed by atoms with Crippen LogP contribution in [0.3, 0.4) is 0 Å². The maximum Gasteiger partial charge on any atom is 0.322 e. The van der Waals surface area contributed by atoms with Gasteiger partial charge in [0.1, 0.15) is 6.04 Å². The first-order valence-corrected chi connectivity index (χ1v) is 5.30. The molecule has 2 aliphatic rings. The van der Waals surface area contributed by atoms with Crippen molar-refractivity contribution >= 4 is 5.97 Å². The van der Waals surface area contributed by atoms with Crippen molar-refractivity contribution in [3.8, 4) is 0 Å². The number of piperidine rings is 1. The third-order valence-corrected chi connectivity index (χ3v) is 3.49. The molecule has 2 rings (SSSR count). The highest BCUT2D eigenvalue weighted by molar-refractivity contribution is 5.75. The molecule has 2 saturated heterocycles. The van der Waals surface area contributed by atoms with Gasteiger partial charge in [0, 0.05) is 12.1 Å². The van der Waals surface area contributed by atoms with E-state index < -0.39 is 6.04 Å². The van der Waals surface area contributed by atoms with E-state index in [0.29, 0.717) is 18.0 Å². The van der Waals surface area contributed by atoms with Gasteiger partial charge in [0.05, 0.1) is 7.11 Å². The number of esters is 1. The van der Waals surface area contributed by atoms with Crippen LogP contribution < -0.4 is 11.1 Å². The fourth-order valence-corrected chi connectivity index (χ4v) is 2.72. The zero-order valence-electron chi connectivity index (χ0n) is 8.53. The second-order valence-corrected chi connectivity index (χ2v) is 4.42. The number of methoxy groups -OCH3 is 1. The molecule has 0 aromatic rings. The third-order valence-electron chi connectivity index (χ3n) is 3.49. The van der Waals surface area contributed by atoms with Gasteiger partial charge in [0.15, 0.2) is 0 Å². The minimum absolute atomic E-state index is 0.267. The number of nitrogens with one attached hydrogen (secondary N) is 1. The molecule has 4 nitrogen and oxygen atoms in total. The van der Waals surface area contributed by atoms with Crippen LogP contribution in [0.15, 0.2) is 0 Å². The molecule has 0 aliphatic carbocycles. The second kappa shape index (κ2) is 3.87. The Morgan fingerprint density at radius 3 is 2.50 bits per heavy atom. The first kappa shape index (κ1) is 9.93. The highest BCUT2D eigenvalue weighted by Gasteiger charge is 2.38. The lowest BCUT2D eigenvalue weighted by molar-refractivity contribution is -0.143. The van der Waals surface area contributed by atoms with Gasteiger partial charge < -0.3 is 15.8 Å². The monoisotopic (exact) mass is 198 g/mol. The lowest BCUT2D eigenvalue weighted by Crippen LogP contribution is -2.47. The Balaban J connectivity index is 1.95. The normalized spacial score (nSPS) is 38.0. The van der Waals surface area contributed by atoms with Crippen LogP contribution in [0.5, 0.6) is 0 Å². The summed E-state index contributed by atoms with van der Waals surface area (Å²) in [5, 5.41) is 3.52. The van der Waals surface area contributed by atoms with Crippen LogP contribution in [-0.2, 0) is 9.53 Å². The van der Waals surface area contributed by atoms with E-state index in [1.165, 1.54) is 20.0 Å². The summed E-state index contributed by atoms with van der Waals surface area (Å²) in [5.74, 6) is 0.0394. The molecule has 0 aromatic heterocycles. The van der Waals surface area contributed by atoms with E-state index in [1.54, 1.807) is 0 Å². The van der Waals surface area contributed by atoms with Gasteiger partial charge in [-0.3, -0.25) is 4.79 Å². The average Bonchev–Trinajstić information content (AvgIpc) is 2.55. The van der Waals surface area contributed by atoms with Crippen molar-refractivity contribution in [3.63, 3.8) is 0 Å². The van der Waals surface area contributed by atoms with Crippen molar-refractivity contribution in [1.29, 1.82) is 0 Å². The molecule has 80 valence electrons. The van der Waals surface area contributed by atoms with Crippen LogP contribution in [0, 0.1) is 5.92 Å². The van der Waals surface area contributed by atoms with Gasteiger partial charge in [-0.2, -0.15) is 0 Å². The zero-order valence-corrected chi connectivity index (χ0v) is 8.53. The lowest BCUT2D eigenvalue weighted by Gasteiger charge is -2.31. The number of carbonyl (C=O) groups is 1. The highest BCUT2D eigenvalue weighted by atomic mass is 16.5. The highest BCUT2D eigenvalue weighted by Crippen LogP contribution is 2.32. The summed E-state index contributed by atoms with van der Waals surface area (Å²) in [6.07, 6.45) is 4.50. The number of fused-ring (bicyclic) bond motifs is 2. The molecule has 1 unspecified atom stereocenters. The van der Waals surface area contributed by atoms with Gasteiger partial charge in [0.25, 0.3) is 0 Å². The third kappa shape index (κ3) is 1.77. The average molecular weight is 198 g/mol. The SMILES string of the molecule is COC(=O)[C@@H](N)C1C[C@H]2CC[C@@H](C1)N2. The molecular formula is C10H18N2O2.